The lowest BCUT2D eigenvalue weighted by Crippen LogP contribution is -2.17. The Bertz CT molecular complexity index is 1090. The van der Waals surface area contributed by atoms with Crippen LogP contribution in [0.15, 0.2) is 83.0 Å². The van der Waals surface area contributed by atoms with Gasteiger partial charge in [0, 0.05) is 11.1 Å². The van der Waals surface area contributed by atoms with Crippen LogP contribution in [0.4, 0.5) is 0 Å². The molecule has 34 heavy (non-hydrogen) atoms. The van der Waals surface area contributed by atoms with E-state index < -0.39 is 0 Å². The van der Waals surface area contributed by atoms with E-state index in [1.807, 2.05) is 48.5 Å². The van der Waals surface area contributed by atoms with Crippen molar-refractivity contribution in [1.82, 2.24) is 10.9 Å². The van der Waals surface area contributed by atoms with E-state index in [1.54, 1.807) is 36.7 Å². The van der Waals surface area contributed by atoms with Gasteiger partial charge in [0.1, 0.15) is 0 Å². The fourth-order valence-electron chi connectivity index (χ4n) is 3.22. The summed E-state index contributed by atoms with van der Waals surface area (Å²) in [7, 11) is 0. The molecule has 3 aromatic carbocycles. The van der Waals surface area contributed by atoms with Crippen molar-refractivity contribution in [1.29, 1.82) is 0 Å². The number of hydrogen-bond acceptors (Lipinski definition) is 4. The minimum atomic E-state index is -0.270. The fourth-order valence-corrected chi connectivity index (χ4v) is 3.22. The Morgan fingerprint density at radius 2 is 1.03 bits per heavy atom. The first-order valence-electron chi connectivity index (χ1n) is 11.3. The molecule has 6 heteroatoms. The van der Waals surface area contributed by atoms with Crippen molar-refractivity contribution < 1.29 is 9.59 Å². The Morgan fingerprint density at radius 3 is 1.38 bits per heavy atom. The van der Waals surface area contributed by atoms with Crippen LogP contribution < -0.4 is 10.9 Å². The predicted molar refractivity (Wildman–Crippen MR) is 138 cm³/mol. The van der Waals surface area contributed by atoms with E-state index in [-0.39, 0.29) is 11.8 Å². The van der Waals surface area contributed by atoms with Crippen molar-refractivity contribution in [3.05, 3.63) is 106 Å². The molecule has 0 heterocycles. The summed E-state index contributed by atoms with van der Waals surface area (Å²) in [5.74, 6) is 0.285. The fraction of sp³-hybridized carbons (Fsp3) is 0.214. The maximum atomic E-state index is 12.3. The topological polar surface area (TPSA) is 82.9 Å². The van der Waals surface area contributed by atoms with Gasteiger partial charge in [-0.25, -0.2) is 10.9 Å². The highest BCUT2D eigenvalue weighted by atomic mass is 16.2. The molecule has 3 aromatic rings. The number of rotatable bonds is 8. The summed E-state index contributed by atoms with van der Waals surface area (Å²) < 4.78 is 0. The Balaban J connectivity index is 1.54. The van der Waals surface area contributed by atoms with Crippen LogP contribution >= 0.6 is 0 Å². The summed E-state index contributed by atoms with van der Waals surface area (Å²) >= 11 is 0. The average molecular weight is 455 g/mol. The van der Waals surface area contributed by atoms with Gasteiger partial charge in [0.15, 0.2) is 0 Å². The van der Waals surface area contributed by atoms with Gasteiger partial charge < -0.3 is 0 Å². The van der Waals surface area contributed by atoms with Crippen molar-refractivity contribution in [2.45, 2.75) is 39.5 Å². The van der Waals surface area contributed by atoms with Gasteiger partial charge in [0.2, 0.25) is 0 Å². The second-order valence-electron chi connectivity index (χ2n) is 8.62. The minimum Gasteiger partial charge on any atom is -0.267 e. The lowest BCUT2D eigenvalue weighted by molar-refractivity contribution is 0.0947. The molecule has 2 N–H and O–H groups in total. The summed E-state index contributed by atoms with van der Waals surface area (Å²) in [6.07, 6.45) is 3.12. The number of amides is 2. The van der Waals surface area contributed by atoms with E-state index in [9.17, 15) is 9.59 Å². The maximum absolute atomic E-state index is 12.3. The average Bonchev–Trinajstić information content (AvgIpc) is 2.84. The highest BCUT2D eigenvalue weighted by Crippen LogP contribution is 2.15. The van der Waals surface area contributed by atoms with E-state index in [4.69, 9.17) is 0 Å². The van der Waals surface area contributed by atoms with Crippen molar-refractivity contribution in [3.8, 4) is 0 Å². The van der Waals surface area contributed by atoms with Gasteiger partial charge >= 0.3 is 0 Å². The molecule has 0 aliphatic heterocycles. The molecule has 0 saturated heterocycles. The molecular weight excluding hydrogens is 424 g/mol. The number of carbonyl (C=O) groups is 2. The predicted octanol–water partition coefficient (Wildman–Crippen LogP) is 5.46. The molecule has 0 radical (unpaired) electrons. The second kappa shape index (κ2) is 11.7. The van der Waals surface area contributed by atoms with Crippen LogP contribution in [0.2, 0.25) is 0 Å². The molecule has 0 unspecified atom stereocenters. The summed E-state index contributed by atoms with van der Waals surface area (Å²) in [6.45, 7) is 8.43. The molecule has 0 aromatic heterocycles. The molecule has 0 saturated carbocycles. The van der Waals surface area contributed by atoms with Crippen LogP contribution in [0.5, 0.6) is 0 Å². The van der Waals surface area contributed by atoms with E-state index in [0.717, 1.165) is 11.1 Å². The molecule has 0 aliphatic rings. The molecule has 0 aliphatic carbocycles. The summed E-state index contributed by atoms with van der Waals surface area (Å²) in [6, 6.07) is 22.4. The Morgan fingerprint density at radius 1 is 0.647 bits per heavy atom. The number of hydrazone groups is 2. The van der Waals surface area contributed by atoms with Gasteiger partial charge in [-0.1, -0.05) is 70.2 Å². The maximum Gasteiger partial charge on any atom is 0.271 e. The SMILES string of the molecule is CC(C)c1ccc(C(=O)N/N=C/c2cccc(/C=N/NC(=O)c3ccc(C(C)C)cc3)c2)cc1. The molecule has 0 atom stereocenters. The van der Waals surface area contributed by atoms with Gasteiger partial charge in [0.05, 0.1) is 12.4 Å². The van der Waals surface area contributed by atoms with Crippen molar-refractivity contribution in [3.63, 3.8) is 0 Å². The molecule has 174 valence electrons. The zero-order valence-electron chi connectivity index (χ0n) is 19.9. The molecule has 0 spiro atoms. The van der Waals surface area contributed by atoms with E-state index in [1.165, 1.54) is 11.1 Å². The van der Waals surface area contributed by atoms with Crippen LogP contribution in [0.1, 0.15) is 82.5 Å². The van der Waals surface area contributed by atoms with Gasteiger partial charge in [-0.05, 0) is 64.4 Å². The van der Waals surface area contributed by atoms with Crippen molar-refractivity contribution >= 4 is 24.2 Å². The van der Waals surface area contributed by atoms with Gasteiger partial charge in [-0.15, -0.1) is 0 Å². The molecule has 3 rings (SSSR count). The lowest BCUT2D eigenvalue weighted by Gasteiger charge is -2.06. The number of hydrogen-bond donors (Lipinski definition) is 2. The third-order valence-corrected chi connectivity index (χ3v) is 5.35. The molecule has 6 nitrogen and oxygen atoms in total. The normalized spacial score (nSPS) is 11.5. The Labute approximate surface area is 200 Å². The smallest absolute Gasteiger partial charge is 0.267 e. The van der Waals surface area contributed by atoms with Gasteiger partial charge in [0.25, 0.3) is 11.8 Å². The number of nitrogens with one attached hydrogen (secondary N) is 2. The summed E-state index contributed by atoms with van der Waals surface area (Å²) in [5.41, 5.74) is 10.1. The highest BCUT2D eigenvalue weighted by Gasteiger charge is 2.06. The number of nitrogens with zero attached hydrogens (tertiary/aromatic N) is 2. The second-order valence-corrected chi connectivity index (χ2v) is 8.62. The third-order valence-electron chi connectivity index (χ3n) is 5.35. The van der Waals surface area contributed by atoms with Crippen LogP contribution in [-0.4, -0.2) is 24.2 Å². The van der Waals surface area contributed by atoms with Crippen LogP contribution in [-0.2, 0) is 0 Å². The number of benzene rings is 3. The molecule has 0 bridgehead atoms. The van der Waals surface area contributed by atoms with Crippen molar-refractivity contribution in [2.75, 3.05) is 0 Å². The van der Waals surface area contributed by atoms with Crippen molar-refractivity contribution in [2.24, 2.45) is 10.2 Å². The molecular formula is C28H30N4O2. The third kappa shape index (κ3) is 6.97. The van der Waals surface area contributed by atoms with Crippen LogP contribution in [0.25, 0.3) is 0 Å². The van der Waals surface area contributed by atoms with Gasteiger partial charge in [-0.2, -0.15) is 10.2 Å². The quantitative estimate of drug-likeness (QED) is 0.350. The largest absolute Gasteiger partial charge is 0.271 e. The Kier molecular flexibility index (Phi) is 8.46. The number of carbonyl (C=O) groups excluding carboxylic acids is 2. The van der Waals surface area contributed by atoms with E-state index in [2.05, 4.69) is 48.7 Å². The van der Waals surface area contributed by atoms with E-state index >= 15 is 0 Å². The summed E-state index contributed by atoms with van der Waals surface area (Å²) in [5, 5.41) is 8.09. The summed E-state index contributed by atoms with van der Waals surface area (Å²) in [4.78, 5) is 24.5. The molecule has 0 fully saturated rings. The first kappa shape index (κ1) is 24.6. The van der Waals surface area contributed by atoms with Gasteiger partial charge in [-0.3, -0.25) is 9.59 Å². The minimum absolute atomic E-state index is 0.270. The zero-order valence-corrected chi connectivity index (χ0v) is 19.9. The first-order valence-corrected chi connectivity index (χ1v) is 11.3. The highest BCUT2D eigenvalue weighted by molar-refractivity contribution is 5.96. The Hall–Kier alpha value is -4.06. The van der Waals surface area contributed by atoms with E-state index in [0.29, 0.717) is 23.0 Å². The molecule has 2 amide bonds. The van der Waals surface area contributed by atoms with Crippen LogP contribution in [0.3, 0.4) is 0 Å². The zero-order chi connectivity index (χ0) is 24.5. The lowest BCUT2D eigenvalue weighted by atomic mass is 10.0. The monoisotopic (exact) mass is 454 g/mol. The first-order chi connectivity index (χ1) is 16.3. The standard InChI is InChI=1S/C28H30N4O2/c1-19(2)23-8-12-25(13-9-23)27(33)31-29-17-21-6-5-7-22(16-21)18-30-32-28(34)26-14-10-24(11-15-26)20(3)4/h5-20H,1-4H3,(H,31,33)(H,32,34)/b29-17+,30-18+. The van der Waals surface area contributed by atoms with Crippen LogP contribution in [0, 0.1) is 0 Å².